The van der Waals surface area contributed by atoms with Crippen molar-refractivity contribution < 1.29 is 4.74 Å². The Morgan fingerprint density at radius 1 is 1.15 bits per heavy atom. The minimum atomic E-state index is 0.613. The van der Waals surface area contributed by atoms with E-state index in [9.17, 15) is 0 Å². The monoisotopic (exact) mass is 370 g/mol. The second-order valence-electron chi connectivity index (χ2n) is 6.61. The minimum Gasteiger partial charge on any atom is -0.379 e. The van der Waals surface area contributed by atoms with Crippen molar-refractivity contribution in [3.8, 4) is 0 Å². The number of hydrogen-bond donors (Lipinski definition) is 2. The minimum absolute atomic E-state index is 0.613. The maximum atomic E-state index is 5.39. The second-order valence-corrected chi connectivity index (χ2v) is 6.61. The van der Waals surface area contributed by atoms with E-state index in [-0.39, 0.29) is 0 Å². The molecule has 0 amide bonds. The van der Waals surface area contributed by atoms with Crippen molar-refractivity contribution in [1.82, 2.24) is 25.3 Å². The summed E-state index contributed by atoms with van der Waals surface area (Å²) in [6.45, 7) is 9.88. The number of aromatic nitrogens is 2. The van der Waals surface area contributed by atoms with E-state index >= 15 is 0 Å². The van der Waals surface area contributed by atoms with Crippen LogP contribution in [0.2, 0.25) is 0 Å². The van der Waals surface area contributed by atoms with Crippen molar-refractivity contribution >= 4 is 5.96 Å². The Kier molecular flexibility index (Phi) is 7.68. The predicted molar refractivity (Wildman–Crippen MR) is 108 cm³/mol. The van der Waals surface area contributed by atoms with E-state index in [0.717, 1.165) is 64.0 Å². The van der Waals surface area contributed by atoms with Crippen LogP contribution < -0.4 is 10.6 Å². The molecule has 0 bridgehead atoms. The number of benzene rings is 1. The highest BCUT2D eigenvalue weighted by molar-refractivity contribution is 5.79. The molecule has 0 atom stereocenters. The first kappa shape index (κ1) is 19.4. The molecule has 7 heteroatoms. The van der Waals surface area contributed by atoms with Crippen molar-refractivity contribution in [3.63, 3.8) is 0 Å². The smallest absolute Gasteiger partial charge is 0.191 e. The highest BCUT2D eigenvalue weighted by atomic mass is 16.5. The van der Waals surface area contributed by atoms with Gasteiger partial charge in [-0.05, 0) is 12.5 Å². The summed E-state index contributed by atoms with van der Waals surface area (Å²) in [6.07, 6.45) is 3.96. The highest BCUT2D eigenvalue weighted by Gasteiger charge is 2.09. The summed E-state index contributed by atoms with van der Waals surface area (Å²) in [7, 11) is 0. The third-order valence-electron chi connectivity index (χ3n) is 4.46. The van der Waals surface area contributed by atoms with Crippen molar-refractivity contribution in [2.45, 2.75) is 20.0 Å². The molecule has 7 nitrogen and oxygen atoms in total. The van der Waals surface area contributed by atoms with Gasteiger partial charge in [0.25, 0.3) is 0 Å². The van der Waals surface area contributed by atoms with Gasteiger partial charge in [-0.1, -0.05) is 30.3 Å². The van der Waals surface area contributed by atoms with Gasteiger partial charge in [0.15, 0.2) is 5.96 Å². The van der Waals surface area contributed by atoms with Gasteiger partial charge in [0.2, 0.25) is 0 Å². The van der Waals surface area contributed by atoms with E-state index in [1.807, 2.05) is 16.9 Å². The average molecular weight is 371 g/mol. The maximum Gasteiger partial charge on any atom is 0.191 e. The van der Waals surface area contributed by atoms with Gasteiger partial charge >= 0.3 is 0 Å². The number of nitrogens with zero attached hydrogens (tertiary/aromatic N) is 4. The Morgan fingerprint density at radius 2 is 1.96 bits per heavy atom. The van der Waals surface area contributed by atoms with Crippen LogP contribution in [0.15, 0.2) is 47.7 Å². The molecule has 0 radical (unpaired) electrons. The maximum absolute atomic E-state index is 5.39. The van der Waals surface area contributed by atoms with Gasteiger partial charge < -0.3 is 15.4 Å². The summed E-state index contributed by atoms with van der Waals surface area (Å²) in [5.41, 5.74) is 2.35. The number of rotatable bonds is 8. The first-order valence-electron chi connectivity index (χ1n) is 9.71. The number of aliphatic imine (C=N–C) groups is 1. The molecule has 1 aliphatic rings. The van der Waals surface area contributed by atoms with Crippen molar-refractivity contribution in [2.24, 2.45) is 4.99 Å². The molecule has 0 spiro atoms. The van der Waals surface area contributed by atoms with Gasteiger partial charge in [-0.2, -0.15) is 5.10 Å². The third-order valence-corrected chi connectivity index (χ3v) is 4.46. The Hall–Kier alpha value is -2.38. The van der Waals surface area contributed by atoms with Gasteiger partial charge in [0, 0.05) is 44.5 Å². The Balaban J connectivity index is 1.47. The van der Waals surface area contributed by atoms with E-state index in [2.05, 4.69) is 63.0 Å². The molecule has 1 saturated heterocycles. The van der Waals surface area contributed by atoms with Crippen LogP contribution in [0.4, 0.5) is 0 Å². The third kappa shape index (κ3) is 6.69. The lowest BCUT2D eigenvalue weighted by Gasteiger charge is -2.26. The van der Waals surface area contributed by atoms with Gasteiger partial charge in [0.1, 0.15) is 0 Å². The number of nitrogens with one attached hydrogen (secondary N) is 2. The van der Waals surface area contributed by atoms with Gasteiger partial charge in [-0.3, -0.25) is 9.58 Å². The van der Waals surface area contributed by atoms with Crippen molar-refractivity contribution in [2.75, 3.05) is 45.9 Å². The quantitative estimate of drug-likeness (QED) is 0.542. The van der Waals surface area contributed by atoms with Crippen LogP contribution in [0.5, 0.6) is 0 Å². The summed E-state index contributed by atoms with van der Waals surface area (Å²) < 4.78 is 7.34. The Morgan fingerprint density at radius 3 is 2.74 bits per heavy atom. The van der Waals surface area contributed by atoms with Crippen molar-refractivity contribution in [1.29, 1.82) is 0 Å². The molecule has 0 saturated carbocycles. The van der Waals surface area contributed by atoms with Crippen LogP contribution in [-0.4, -0.2) is 66.6 Å². The lowest BCUT2D eigenvalue weighted by molar-refractivity contribution is 0.0389. The molecule has 1 aliphatic heterocycles. The van der Waals surface area contributed by atoms with E-state index in [4.69, 9.17) is 4.74 Å². The fraction of sp³-hybridized carbons (Fsp3) is 0.500. The molecule has 2 N–H and O–H groups in total. The number of ether oxygens (including phenoxy) is 1. The largest absolute Gasteiger partial charge is 0.379 e. The molecule has 27 heavy (non-hydrogen) atoms. The molecule has 1 aromatic heterocycles. The van der Waals surface area contributed by atoms with Crippen LogP contribution in [0, 0.1) is 0 Å². The molecule has 2 heterocycles. The predicted octanol–water partition coefficient (Wildman–Crippen LogP) is 1.32. The summed E-state index contributed by atoms with van der Waals surface area (Å²) in [5, 5.41) is 11.2. The number of guanidine groups is 1. The molecular weight excluding hydrogens is 340 g/mol. The zero-order valence-electron chi connectivity index (χ0n) is 16.1. The first-order chi connectivity index (χ1) is 13.3. The average Bonchev–Trinajstić information content (AvgIpc) is 3.15. The summed E-state index contributed by atoms with van der Waals surface area (Å²) in [5.74, 6) is 0.849. The molecule has 1 fully saturated rings. The molecular formula is C20H30N6O. The Labute approximate surface area is 161 Å². The number of morpholine rings is 1. The van der Waals surface area contributed by atoms with Gasteiger partial charge in [-0.15, -0.1) is 0 Å². The summed E-state index contributed by atoms with van der Waals surface area (Å²) in [6, 6.07) is 10.4. The fourth-order valence-electron chi connectivity index (χ4n) is 3.01. The van der Waals surface area contributed by atoms with Crippen LogP contribution >= 0.6 is 0 Å². The normalized spacial score (nSPS) is 15.7. The summed E-state index contributed by atoms with van der Waals surface area (Å²) in [4.78, 5) is 7.10. The summed E-state index contributed by atoms with van der Waals surface area (Å²) >= 11 is 0. The van der Waals surface area contributed by atoms with Gasteiger partial charge in [0.05, 0.1) is 32.5 Å². The first-order valence-corrected chi connectivity index (χ1v) is 9.71. The highest BCUT2D eigenvalue weighted by Crippen LogP contribution is 2.05. The van der Waals surface area contributed by atoms with E-state index < -0.39 is 0 Å². The SMILES string of the molecule is CCNC(=NCc1cnn(Cc2ccccc2)c1)NCCN1CCOCC1. The molecule has 0 aliphatic carbocycles. The standard InChI is InChI=1S/C20H30N6O/c1-2-21-20(22-8-9-25-10-12-27-13-11-25)23-14-19-15-24-26(17-19)16-18-6-4-3-5-7-18/h3-7,15,17H,2,8-14,16H2,1H3,(H2,21,22,23). The van der Waals surface area contributed by atoms with Crippen molar-refractivity contribution in [3.05, 3.63) is 53.9 Å². The Bertz CT molecular complexity index is 694. The lowest BCUT2D eigenvalue weighted by Crippen LogP contribution is -2.44. The lowest BCUT2D eigenvalue weighted by atomic mass is 10.2. The van der Waals surface area contributed by atoms with Crippen LogP contribution in [0.3, 0.4) is 0 Å². The van der Waals surface area contributed by atoms with E-state index in [0.29, 0.717) is 6.54 Å². The number of hydrogen-bond acceptors (Lipinski definition) is 4. The molecule has 3 rings (SSSR count). The zero-order chi connectivity index (χ0) is 18.7. The van der Waals surface area contributed by atoms with E-state index in [1.165, 1.54) is 5.56 Å². The van der Waals surface area contributed by atoms with Crippen LogP contribution in [0.25, 0.3) is 0 Å². The van der Waals surface area contributed by atoms with Crippen LogP contribution in [-0.2, 0) is 17.8 Å². The van der Waals surface area contributed by atoms with E-state index in [1.54, 1.807) is 0 Å². The second kappa shape index (κ2) is 10.7. The van der Waals surface area contributed by atoms with Gasteiger partial charge in [-0.25, -0.2) is 4.99 Å². The zero-order valence-corrected chi connectivity index (χ0v) is 16.1. The molecule has 2 aromatic rings. The fourth-order valence-corrected chi connectivity index (χ4v) is 3.01. The molecule has 146 valence electrons. The van der Waals surface area contributed by atoms with Crippen LogP contribution in [0.1, 0.15) is 18.1 Å². The molecule has 1 aromatic carbocycles. The molecule has 0 unspecified atom stereocenters. The topological polar surface area (TPSA) is 66.7 Å².